The van der Waals surface area contributed by atoms with Gasteiger partial charge in [0.05, 0.1) is 5.52 Å². The molecule has 0 unspecified atom stereocenters. The molecule has 0 fully saturated rings. The molecule has 0 saturated heterocycles. The Labute approximate surface area is 179 Å². The highest BCUT2D eigenvalue weighted by Crippen LogP contribution is 2.37. The number of ether oxygens (including phenoxy) is 1. The minimum absolute atomic E-state index is 0.167. The van der Waals surface area contributed by atoms with Crippen molar-refractivity contribution >= 4 is 55.7 Å². The van der Waals surface area contributed by atoms with Crippen molar-refractivity contribution in [1.29, 1.82) is 0 Å². The molecule has 1 aromatic heterocycles. The van der Waals surface area contributed by atoms with Gasteiger partial charge in [0.25, 0.3) is 6.71 Å². The van der Waals surface area contributed by atoms with Crippen LogP contribution in [0.3, 0.4) is 0 Å². The van der Waals surface area contributed by atoms with Gasteiger partial charge in [-0.05, 0) is 51.4 Å². The molecule has 2 aliphatic rings. The molecule has 8 rings (SSSR count). The molecule has 3 heteroatoms. The average Bonchev–Trinajstić information content (AvgIpc) is 3.16. The van der Waals surface area contributed by atoms with Crippen LogP contribution in [0, 0.1) is 0 Å². The third-order valence-corrected chi connectivity index (χ3v) is 7.02. The van der Waals surface area contributed by atoms with Gasteiger partial charge < -0.3 is 9.30 Å². The number of nitrogens with zero attached hydrogens (tertiary/aromatic N) is 1. The van der Waals surface area contributed by atoms with Crippen LogP contribution in [0.25, 0.3) is 38.3 Å². The first-order valence-corrected chi connectivity index (χ1v) is 10.7. The minimum atomic E-state index is 0.167. The summed E-state index contributed by atoms with van der Waals surface area (Å²) in [5.74, 6) is 1.93. The van der Waals surface area contributed by atoms with Gasteiger partial charge in [0.1, 0.15) is 11.5 Å². The molecule has 0 amide bonds. The normalized spacial score (nSPS) is 13.4. The van der Waals surface area contributed by atoms with E-state index in [2.05, 4.69) is 102 Å². The maximum Gasteiger partial charge on any atom is 0.256 e. The van der Waals surface area contributed by atoms with E-state index >= 15 is 0 Å². The number of hydrogen-bond donors (Lipinski definition) is 0. The first-order valence-electron chi connectivity index (χ1n) is 10.7. The average molecular weight is 393 g/mol. The van der Waals surface area contributed by atoms with Crippen LogP contribution in [0.15, 0.2) is 97.1 Å². The summed E-state index contributed by atoms with van der Waals surface area (Å²) in [6.45, 7) is 0.167. The summed E-state index contributed by atoms with van der Waals surface area (Å²) < 4.78 is 8.95. The molecular weight excluding hydrogens is 377 g/mol. The molecule has 0 radical (unpaired) electrons. The summed E-state index contributed by atoms with van der Waals surface area (Å²) in [6.07, 6.45) is 0. The standard InChI is InChI=1S/C28H16BNO/c1-2-8-18-16-26-22(15-17(18)7-1)29-21-11-5-10-20-19-9-3-4-12-23(19)30(28(20)21)24-13-6-14-25(31-26)27(24)29/h1-16H. The molecule has 0 N–H and O–H groups in total. The van der Waals surface area contributed by atoms with Crippen molar-refractivity contribution in [3.05, 3.63) is 97.1 Å². The van der Waals surface area contributed by atoms with E-state index in [9.17, 15) is 0 Å². The number of rotatable bonds is 0. The van der Waals surface area contributed by atoms with Gasteiger partial charge in [0.2, 0.25) is 0 Å². The Balaban J connectivity index is 1.59. The van der Waals surface area contributed by atoms with Gasteiger partial charge in [0.15, 0.2) is 0 Å². The number of benzene rings is 5. The molecule has 0 saturated carbocycles. The number of aromatic nitrogens is 1. The molecule has 0 aliphatic carbocycles. The van der Waals surface area contributed by atoms with Gasteiger partial charge in [-0.25, -0.2) is 0 Å². The summed E-state index contributed by atoms with van der Waals surface area (Å²) in [5, 5.41) is 5.08. The van der Waals surface area contributed by atoms with Crippen molar-refractivity contribution in [3.8, 4) is 17.2 Å². The van der Waals surface area contributed by atoms with Crippen molar-refractivity contribution in [2.75, 3.05) is 0 Å². The molecule has 0 spiro atoms. The van der Waals surface area contributed by atoms with Crippen LogP contribution in [-0.2, 0) is 0 Å². The Hall–Kier alpha value is -3.98. The smallest absolute Gasteiger partial charge is 0.256 e. The van der Waals surface area contributed by atoms with Crippen LogP contribution in [0.5, 0.6) is 11.5 Å². The second kappa shape index (κ2) is 5.38. The second-order valence-corrected chi connectivity index (χ2v) is 8.56. The van der Waals surface area contributed by atoms with E-state index in [1.807, 2.05) is 0 Å². The van der Waals surface area contributed by atoms with Crippen LogP contribution < -0.4 is 21.1 Å². The first-order chi connectivity index (χ1) is 15.4. The van der Waals surface area contributed by atoms with E-state index < -0.39 is 0 Å². The van der Waals surface area contributed by atoms with Gasteiger partial charge in [-0.3, -0.25) is 0 Å². The third kappa shape index (κ3) is 1.85. The molecule has 2 nitrogen and oxygen atoms in total. The highest BCUT2D eigenvalue weighted by atomic mass is 16.5. The fourth-order valence-corrected chi connectivity index (χ4v) is 5.78. The predicted molar refractivity (Wildman–Crippen MR) is 129 cm³/mol. The maximum atomic E-state index is 6.52. The quantitative estimate of drug-likeness (QED) is 0.335. The molecule has 6 aromatic rings. The van der Waals surface area contributed by atoms with Gasteiger partial charge in [-0.2, -0.15) is 0 Å². The topological polar surface area (TPSA) is 14.2 Å². The molecule has 3 heterocycles. The summed E-state index contributed by atoms with van der Waals surface area (Å²) in [5.41, 5.74) is 7.68. The summed E-state index contributed by atoms with van der Waals surface area (Å²) in [6, 6.07) is 35.0. The van der Waals surface area contributed by atoms with Crippen LogP contribution in [-0.4, -0.2) is 11.3 Å². The molecule has 142 valence electrons. The Morgan fingerprint density at radius 3 is 2.32 bits per heavy atom. The number of para-hydroxylation sites is 2. The van der Waals surface area contributed by atoms with Gasteiger partial charge in [-0.15, -0.1) is 0 Å². The van der Waals surface area contributed by atoms with Crippen molar-refractivity contribution in [2.45, 2.75) is 0 Å². The van der Waals surface area contributed by atoms with Crippen molar-refractivity contribution < 1.29 is 4.74 Å². The van der Waals surface area contributed by atoms with E-state index in [-0.39, 0.29) is 6.71 Å². The summed E-state index contributed by atoms with van der Waals surface area (Å²) >= 11 is 0. The third-order valence-electron chi connectivity index (χ3n) is 7.02. The highest BCUT2D eigenvalue weighted by Gasteiger charge is 2.40. The van der Waals surface area contributed by atoms with Gasteiger partial charge >= 0.3 is 0 Å². The fraction of sp³-hybridized carbons (Fsp3) is 0. The largest absolute Gasteiger partial charge is 0.458 e. The first kappa shape index (κ1) is 15.8. The Morgan fingerprint density at radius 2 is 1.39 bits per heavy atom. The Morgan fingerprint density at radius 1 is 0.613 bits per heavy atom. The molecule has 5 aromatic carbocycles. The van der Waals surface area contributed by atoms with Crippen molar-refractivity contribution in [1.82, 2.24) is 4.57 Å². The SMILES string of the molecule is c1cc2c3c(c1)-n1c4ccccc4c4cccc(c41)B3c1cc3ccccc3cc1O2. The zero-order chi connectivity index (χ0) is 20.1. The van der Waals surface area contributed by atoms with E-state index in [4.69, 9.17) is 4.74 Å². The van der Waals surface area contributed by atoms with Crippen LogP contribution in [0.2, 0.25) is 0 Å². The zero-order valence-corrected chi connectivity index (χ0v) is 16.7. The predicted octanol–water partition coefficient (Wildman–Crippen LogP) is 4.87. The van der Waals surface area contributed by atoms with E-state index in [1.54, 1.807) is 0 Å². The highest BCUT2D eigenvalue weighted by molar-refractivity contribution is 6.99. The van der Waals surface area contributed by atoms with E-state index in [0.717, 1.165) is 11.5 Å². The number of hydrogen-bond acceptors (Lipinski definition) is 1. The monoisotopic (exact) mass is 393 g/mol. The molecular formula is C28H16BNO. The lowest BCUT2D eigenvalue weighted by Gasteiger charge is -2.33. The lowest BCUT2D eigenvalue weighted by Crippen LogP contribution is -2.58. The maximum absolute atomic E-state index is 6.52. The molecule has 0 bridgehead atoms. The molecule has 0 atom stereocenters. The van der Waals surface area contributed by atoms with Gasteiger partial charge in [0, 0.05) is 22.0 Å². The van der Waals surface area contributed by atoms with Crippen molar-refractivity contribution in [2.24, 2.45) is 0 Å². The lowest BCUT2D eigenvalue weighted by atomic mass is 9.34. The van der Waals surface area contributed by atoms with Crippen LogP contribution in [0.4, 0.5) is 0 Å². The van der Waals surface area contributed by atoms with E-state index in [0.29, 0.717) is 0 Å². The van der Waals surface area contributed by atoms with Gasteiger partial charge in [-0.1, -0.05) is 72.8 Å². The fourth-order valence-electron chi connectivity index (χ4n) is 5.78. The zero-order valence-electron chi connectivity index (χ0n) is 16.7. The Kier molecular flexibility index (Phi) is 2.75. The number of fused-ring (bicyclic) bond motifs is 8. The van der Waals surface area contributed by atoms with Crippen LogP contribution >= 0.6 is 0 Å². The second-order valence-electron chi connectivity index (χ2n) is 8.56. The minimum Gasteiger partial charge on any atom is -0.458 e. The summed E-state index contributed by atoms with van der Waals surface area (Å²) in [4.78, 5) is 0. The lowest BCUT2D eigenvalue weighted by molar-refractivity contribution is 0.488. The van der Waals surface area contributed by atoms with E-state index in [1.165, 1.54) is 54.7 Å². The van der Waals surface area contributed by atoms with Crippen LogP contribution in [0.1, 0.15) is 0 Å². The Bertz CT molecular complexity index is 1730. The van der Waals surface area contributed by atoms with Crippen molar-refractivity contribution in [3.63, 3.8) is 0 Å². The molecule has 31 heavy (non-hydrogen) atoms. The molecule has 2 aliphatic heterocycles. The summed E-state index contributed by atoms with van der Waals surface area (Å²) in [7, 11) is 0.